The van der Waals surface area contributed by atoms with Gasteiger partial charge in [0.05, 0.1) is 0 Å². The fourth-order valence-corrected chi connectivity index (χ4v) is 2.77. The minimum Gasteiger partial charge on any atom is -0.490 e. The van der Waals surface area contributed by atoms with Gasteiger partial charge in [-0.05, 0) is 59.7 Å². The van der Waals surface area contributed by atoms with E-state index < -0.39 is 17.2 Å². The smallest absolute Gasteiger partial charge is 0.148 e. The zero-order chi connectivity index (χ0) is 17.9. The van der Waals surface area contributed by atoms with Crippen LogP contribution in [0.15, 0.2) is 77.3 Å². The quantitative estimate of drug-likeness (QED) is 0.645. The highest BCUT2D eigenvalue weighted by molar-refractivity contribution is 9.10. The van der Waals surface area contributed by atoms with E-state index in [2.05, 4.69) is 15.9 Å². The lowest BCUT2D eigenvalue weighted by Gasteiger charge is -2.29. The number of benzene rings is 3. The van der Waals surface area contributed by atoms with Crippen LogP contribution < -0.4 is 4.74 Å². The monoisotopic (exact) mass is 404 g/mol. The van der Waals surface area contributed by atoms with Crippen LogP contribution in [0.5, 0.6) is 5.75 Å². The van der Waals surface area contributed by atoms with Crippen LogP contribution in [0.2, 0.25) is 0 Å². The molecular formula is C20H15BrF2O2. The molecule has 3 aromatic rings. The van der Waals surface area contributed by atoms with Gasteiger partial charge in [0.25, 0.3) is 0 Å². The maximum Gasteiger partial charge on any atom is 0.148 e. The second-order valence-electron chi connectivity index (χ2n) is 5.62. The molecule has 3 aromatic carbocycles. The molecule has 2 nitrogen and oxygen atoms in total. The van der Waals surface area contributed by atoms with E-state index in [1.165, 1.54) is 48.5 Å². The molecule has 0 saturated carbocycles. The van der Waals surface area contributed by atoms with E-state index in [4.69, 9.17) is 4.74 Å². The molecule has 0 radical (unpaired) electrons. The van der Waals surface area contributed by atoms with Gasteiger partial charge in [0.15, 0.2) is 0 Å². The highest BCUT2D eigenvalue weighted by atomic mass is 79.9. The molecule has 128 valence electrons. The Morgan fingerprint density at radius 3 is 1.64 bits per heavy atom. The SMILES string of the molecule is OC(COc1ccc(Br)cc1)(c1ccc(F)cc1)c1ccc(F)cc1. The Kier molecular flexibility index (Phi) is 5.16. The van der Waals surface area contributed by atoms with E-state index in [9.17, 15) is 13.9 Å². The predicted molar refractivity (Wildman–Crippen MR) is 95.4 cm³/mol. The number of hydrogen-bond donors (Lipinski definition) is 1. The molecule has 0 fully saturated rings. The number of ether oxygens (including phenoxy) is 1. The number of hydrogen-bond acceptors (Lipinski definition) is 2. The minimum absolute atomic E-state index is 0.105. The molecule has 0 aromatic heterocycles. The molecule has 0 heterocycles. The lowest BCUT2D eigenvalue weighted by atomic mass is 9.87. The van der Waals surface area contributed by atoms with Crippen molar-refractivity contribution in [3.05, 3.63) is 100 Å². The van der Waals surface area contributed by atoms with Crippen LogP contribution in [0, 0.1) is 11.6 Å². The molecule has 25 heavy (non-hydrogen) atoms. The third-order valence-electron chi connectivity index (χ3n) is 3.90. The van der Waals surface area contributed by atoms with Crippen molar-refractivity contribution >= 4 is 15.9 Å². The number of halogens is 3. The van der Waals surface area contributed by atoms with Crippen LogP contribution in [0.1, 0.15) is 11.1 Å². The summed E-state index contributed by atoms with van der Waals surface area (Å²) in [4.78, 5) is 0. The van der Waals surface area contributed by atoms with Crippen molar-refractivity contribution in [3.8, 4) is 5.75 Å². The van der Waals surface area contributed by atoms with Crippen LogP contribution in [-0.2, 0) is 5.60 Å². The standard InChI is InChI=1S/C20H15BrF2O2/c21-16-5-11-19(12-6-16)25-13-20(24,14-1-7-17(22)8-2-14)15-3-9-18(23)10-4-15/h1-12,24H,13H2. The van der Waals surface area contributed by atoms with Crippen LogP contribution >= 0.6 is 15.9 Å². The van der Waals surface area contributed by atoms with Crippen LogP contribution in [0.25, 0.3) is 0 Å². The summed E-state index contributed by atoms with van der Waals surface area (Å²) in [6.07, 6.45) is 0. The lowest BCUT2D eigenvalue weighted by molar-refractivity contribution is 0.0275. The third-order valence-corrected chi connectivity index (χ3v) is 4.43. The van der Waals surface area contributed by atoms with Gasteiger partial charge >= 0.3 is 0 Å². The Balaban J connectivity index is 1.94. The Labute approximate surface area is 152 Å². The van der Waals surface area contributed by atoms with Gasteiger partial charge in [-0.25, -0.2) is 8.78 Å². The van der Waals surface area contributed by atoms with Crippen molar-refractivity contribution in [2.24, 2.45) is 0 Å². The topological polar surface area (TPSA) is 29.5 Å². The summed E-state index contributed by atoms with van der Waals surface area (Å²) in [5.74, 6) is -0.232. The molecule has 0 unspecified atom stereocenters. The van der Waals surface area contributed by atoms with Crippen molar-refractivity contribution in [3.63, 3.8) is 0 Å². The molecule has 3 rings (SSSR count). The summed E-state index contributed by atoms with van der Waals surface area (Å²) >= 11 is 3.35. The fraction of sp³-hybridized carbons (Fsp3) is 0.100. The van der Waals surface area contributed by atoms with Crippen molar-refractivity contribution in [2.75, 3.05) is 6.61 Å². The van der Waals surface area contributed by atoms with E-state index in [0.717, 1.165) is 4.47 Å². The average Bonchev–Trinajstić information content (AvgIpc) is 2.62. The molecule has 0 spiro atoms. The molecule has 5 heteroatoms. The van der Waals surface area contributed by atoms with E-state index in [1.54, 1.807) is 12.1 Å². The predicted octanol–water partition coefficient (Wildman–Crippen LogP) is 5.04. The zero-order valence-corrected chi connectivity index (χ0v) is 14.7. The number of rotatable bonds is 5. The van der Waals surface area contributed by atoms with Crippen LogP contribution in [-0.4, -0.2) is 11.7 Å². The lowest BCUT2D eigenvalue weighted by Crippen LogP contribution is -2.34. The second-order valence-corrected chi connectivity index (χ2v) is 6.53. The second kappa shape index (κ2) is 7.33. The Bertz CT molecular complexity index is 786. The maximum absolute atomic E-state index is 13.3. The summed E-state index contributed by atoms with van der Waals surface area (Å²) in [5.41, 5.74) is -0.635. The zero-order valence-electron chi connectivity index (χ0n) is 13.1. The Morgan fingerprint density at radius 2 is 1.20 bits per heavy atom. The van der Waals surface area contributed by atoms with Gasteiger partial charge in [-0.2, -0.15) is 0 Å². The Morgan fingerprint density at radius 1 is 0.760 bits per heavy atom. The van der Waals surface area contributed by atoms with Crippen molar-refractivity contribution in [1.29, 1.82) is 0 Å². The highest BCUT2D eigenvalue weighted by Gasteiger charge is 2.33. The first-order chi connectivity index (χ1) is 12.0. The molecule has 0 amide bonds. The molecule has 0 atom stereocenters. The molecule has 0 aliphatic heterocycles. The van der Waals surface area contributed by atoms with Crippen LogP contribution in [0.4, 0.5) is 8.78 Å². The van der Waals surface area contributed by atoms with Gasteiger partial charge in [0, 0.05) is 4.47 Å². The summed E-state index contributed by atoms with van der Waals surface area (Å²) in [5, 5.41) is 11.3. The minimum atomic E-state index is -1.55. The van der Waals surface area contributed by atoms with Gasteiger partial charge < -0.3 is 9.84 Å². The molecule has 0 aliphatic rings. The van der Waals surface area contributed by atoms with Gasteiger partial charge in [-0.1, -0.05) is 40.2 Å². The normalized spacial score (nSPS) is 11.4. The summed E-state index contributed by atoms with van der Waals surface area (Å²) in [6, 6.07) is 18.2. The maximum atomic E-state index is 13.3. The summed E-state index contributed by atoms with van der Waals surface area (Å²) < 4.78 is 33.2. The van der Waals surface area contributed by atoms with Crippen molar-refractivity contribution in [2.45, 2.75) is 5.60 Å². The fourth-order valence-electron chi connectivity index (χ4n) is 2.50. The Hall–Kier alpha value is -2.24. The van der Waals surface area contributed by atoms with Gasteiger partial charge in [-0.15, -0.1) is 0 Å². The van der Waals surface area contributed by atoms with Gasteiger partial charge in [0.2, 0.25) is 0 Å². The molecule has 0 saturated heterocycles. The first-order valence-corrected chi connectivity index (χ1v) is 8.39. The van der Waals surface area contributed by atoms with Gasteiger partial charge in [0.1, 0.15) is 29.6 Å². The molecule has 0 aliphatic carbocycles. The van der Waals surface area contributed by atoms with Crippen molar-refractivity contribution < 1.29 is 18.6 Å². The van der Waals surface area contributed by atoms with E-state index in [1.807, 2.05) is 12.1 Å². The first-order valence-electron chi connectivity index (χ1n) is 7.60. The van der Waals surface area contributed by atoms with E-state index in [0.29, 0.717) is 16.9 Å². The molecule has 1 N–H and O–H groups in total. The molecule has 0 bridgehead atoms. The van der Waals surface area contributed by atoms with E-state index in [-0.39, 0.29) is 6.61 Å². The molecular weight excluding hydrogens is 390 g/mol. The van der Waals surface area contributed by atoms with Gasteiger partial charge in [-0.3, -0.25) is 0 Å². The number of aliphatic hydroxyl groups is 1. The summed E-state index contributed by atoms with van der Waals surface area (Å²) in [6.45, 7) is -0.105. The van der Waals surface area contributed by atoms with E-state index >= 15 is 0 Å². The van der Waals surface area contributed by atoms with Crippen LogP contribution in [0.3, 0.4) is 0 Å². The average molecular weight is 405 g/mol. The third kappa shape index (κ3) is 4.06. The summed E-state index contributed by atoms with van der Waals surface area (Å²) in [7, 11) is 0. The largest absolute Gasteiger partial charge is 0.490 e. The van der Waals surface area contributed by atoms with Crippen molar-refractivity contribution in [1.82, 2.24) is 0 Å². The first kappa shape index (κ1) is 17.6. The highest BCUT2D eigenvalue weighted by Crippen LogP contribution is 2.31.